The quantitative estimate of drug-likeness (QED) is 0.630. The smallest absolute Gasteiger partial charge is 0.338 e. The van der Waals surface area contributed by atoms with E-state index in [0.717, 1.165) is 5.56 Å². The highest BCUT2D eigenvalue weighted by Crippen LogP contribution is 2.16. The fraction of sp³-hybridized carbons (Fsp3) is 0.462. The molecule has 0 aliphatic carbocycles. The Balaban J connectivity index is 2.84. The Hall–Kier alpha value is -1.51. The highest BCUT2D eigenvalue weighted by Gasteiger charge is 2.16. The zero-order valence-electron chi connectivity index (χ0n) is 10.3. The van der Waals surface area contributed by atoms with E-state index in [1.165, 1.54) is 0 Å². The molecular weight excluding hydrogens is 202 g/mol. The van der Waals surface area contributed by atoms with Crippen LogP contribution in [0.5, 0.6) is 0 Å². The number of rotatable bonds is 3. The number of benzene rings is 1. The molecular formula is C13H19NO2. The molecule has 0 heterocycles. The second-order valence-electron chi connectivity index (χ2n) is 4.43. The van der Waals surface area contributed by atoms with Gasteiger partial charge in [0, 0.05) is 5.69 Å². The first kappa shape index (κ1) is 12.6. The number of ether oxygens (including phenoxy) is 1. The molecule has 1 aromatic rings. The van der Waals surface area contributed by atoms with Crippen molar-refractivity contribution in [1.82, 2.24) is 0 Å². The molecule has 0 aliphatic heterocycles. The Morgan fingerprint density at radius 2 is 1.94 bits per heavy atom. The molecule has 16 heavy (non-hydrogen) atoms. The number of nitrogens with two attached hydrogens (primary N) is 1. The highest BCUT2D eigenvalue weighted by atomic mass is 16.5. The second kappa shape index (κ2) is 5.01. The van der Waals surface area contributed by atoms with Crippen LogP contribution in [0.25, 0.3) is 0 Å². The molecule has 3 nitrogen and oxygen atoms in total. The third kappa shape index (κ3) is 2.99. The largest absolute Gasteiger partial charge is 0.459 e. The Kier molecular flexibility index (Phi) is 3.93. The fourth-order valence-corrected chi connectivity index (χ4v) is 1.23. The average molecular weight is 221 g/mol. The third-order valence-corrected chi connectivity index (χ3v) is 2.71. The van der Waals surface area contributed by atoms with Gasteiger partial charge in [0.2, 0.25) is 0 Å². The lowest BCUT2D eigenvalue weighted by Gasteiger charge is -2.17. The Bertz CT molecular complexity index is 386. The number of nitrogen functional groups attached to an aromatic ring is 1. The first-order valence-electron chi connectivity index (χ1n) is 5.49. The van der Waals surface area contributed by atoms with Crippen LogP contribution in [0, 0.1) is 12.8 Å². The van der Waals surface area contributed by atoms with Crippen LogP contribution in [-0.2, 0) is 4.74 Å². The van der Waals surface area contributed by atoms with E-state index in [0.29, 0.717) is 17.2 Å². The minimum atomic E-state index is -0.300. The summed E-state index contributed by atoms with van der Waals surface area (Å²) in [6.07, 6.45) is -0.0895. The highest BCUT2D eigenvalue weighted by molar-refractivity contribution is 5.92. The molecule has 1 atom stereocenters. The molecule has 0 saturated carbocycles. The SMILES string of the molecule is Cc1ccc(N)cc1C(=O)OC(C)C(C)C. The van der Waals surface area contributed by atoms with Crippen molar-refractivity contribution >= 4 is 11.7 Å². The molecule has 0 spiro atoms. The number of hydrogen-bond acceptors (Lipinski definition) is 3. The van der Waals surface area contributed by atoms with Crippen LogP contribution in [0.15, 0.2) is 18.2 Å². The van der Waals surface area contributed by atoms with Gasteiger partial charge in [0.05, 0.1) is 5.56 Å². The summed E-state index contributed by atoms with van der Waals surface area (Å²) in [5.74, 6) is 0.0105. The van der Waals surface area contributed by atoms with E-state index in [4.69, 9.17) is 10.5 Å². The van der Waals surface area contributed by atoms with Gasteiger partial charge in [-0.2, -0.15) is 0 Å². The van der Waals surface area contributed by atoms with E-state index in [1.807, 2.05) is 33.8 Å². The first-order valence-corrected chi connectivity index (χ1v) is 5.49. The standard InChI is InChI=1S/C13H19NO2/c1-8(2)10(4)16-13(15)12-7-11(14)6-5-9(12)3/h5-8,10H,14H2,1-4H3. The predicted molar refractivity (Wildman–Crippen MR) is 65.3 cm³/mol. The van der Waals surface area contributed by atoms with E-state index >= 15 is 0 Å². The summed E-state index contributed by atoms with van der Waals surface area (Å²) in [6, 6.07) is 5.26. The molecule has 0 bridgehead atoms. The zero-order valence-corrected chi connectivity index (χ0v) is 10.3. The lowest BCUT2D eigenvalue weighted by molar-refractivity contribution is 0.0237. The number of esters is 1. The van der Waals surface area contributed by atoms with Crippen molar-refractivity contribution in [1.29, 1.82) is 0 Å². The van der Waals surface area contributed by atoms with Crippen LogP contribution in [0.3, 0.4) is 0 Å². The fourth-order valence-electron chi connectivity index (χ4n) is 1.23. The van der Waals surface area contributed by atoms with Gasteiger partial charge in [-0.05, 0) is 37.5 Å². The van der Waals surface area contributed by atoms with Crippen molar-refractivity contribution in [3.63, 3.8) is 0 Å². The molecule has 3 heteroatoms. The molecule has 0 aromatic heterocycles. The average Bonchev–Trinajstić information content (AvgIpc) is 2.21. The minimum absolute atomic E-state index is 0.0895. The number of hydrogen-bond donors (Lipinski definition) is 1. The zero-order chi connectivity index (χ0) is 12.3. The summed E-state index contributed by atoms with van der Waals surface area (Å²) in [5, 5.41) is 0. The van der Waals surface area contributed by atoms with Crippen LogP contribution < -0.4 is 5.73 Å². The molecule has 0 aliphatic rings. The van der Waals surface area contributed by atoms with Gasteiger partial charge < -0.3 is 10.5 Å². The Morgan fingerprint density at radius 3 is 2.50 bits per heavy atom. The maximum atomic E-state index is 11.9. The monoisotopic (exact) mass is 221 g/mol. The lowest BCUT2D eigenvalue weighted by atomic mass is 10.1. The molecule has 0 amide bonds. The Morgan fingerprint density at radius 1 is 1.31 bits per heavy atom. The van der Waals surface area contributed by atoms with Crippen LogP contribution >= 0.6 is 0 Å². The van der Waals surface area contributed by atoms with E-state index < -0.39 is 0 Å². The third-order valence-electron chi connectivity index (χ3n) is 2.71. The summed E-state index contributed by atoms with van der Waals surface area (Å²) < 4.78 is 5.34. The van der Waals surface area contributed by atoms with Gasteiger partial charge in [0.25, 0.3) is 0 Å². The molecule has 0 fully saturated rings. The molecule has 1 unspecified atom stereocenters. The van der Waals surface area contributed by atoms with Gasteiger partial charge in [-0.1, -0.05) is 19.9 Å². The Labute approximate surface area is 96.6 Å². The summed E-state index contributed by atoms with van der Waals surface area (Å²) in [7, 11) is 0. The van der Waals surface area contributed by atoms with Crippen LogP contribution in [0.4, 0.5) is 5.69 Å². The van der Waals surface area contributed by atoms with Crippen molar-refractivity contribution < 1.29 is 9.53 Å². The maximum absolute atomic E-state index is 11.9. The molecule has 0 radical (unpaired) electrons. The second-order valence-corrected chi connectivity index (χ2v) is 4.43. The van der Waals surface area contributed by atoms with Crippen LogP contribution in [-0.4, -0.2) is 12.1 Å². The van der Waals surface area contributed by atoms with Gasteiger partial charge >= 0.3 is 5.97 Å². The van der Waals surface area contributed by atoms with Crippen molar-refractivity contribution in [2.75, 3.05) is 5.73 Å². The van der Waals surface area contributed by atoms with Crippen molar-refractivity contribution in [2.24, 2.45) is 5.92 Å². The molecule has 88 valence electrons. The summed E-state index contributed by atoms with van der Waals surface area (Å²) in [6.45, 7) is 7.80. The topological polar surface area (TPSA) is 52.3 Å². The molecule has 2 N–H and O–H groups in total. The maximum Gasteiger partial charge on any atom is 0.338 e. The van der Waals surface area contributed by atoms with Crippen LogP contribution in [0.2, 0.25) is 0 Å². The van der Waals surface area contributed by atoms with E-state index in [1.54, 1.807) is 12.1 Å². The summed E-state index contributed by atoms with van der Waals surface area (Å²) >= 11 is 0. The van der Waals surface area contributed by atoms with Gasteiger partial charge in [0.15, 0.2) is 0 Å². The van der Waals surface area contributed by atoms with Gasteiger partial charge in [-0.25, -0.2) is 4.79 Å². The first-order chi connectivity index (χ1) is 7.41. The summed E-state index contributed by atoms with van der Waals surface area (Å²) in [4.78, 5) is 11.9. The van der Waals surface area contributed by atoms with Gasteiger partial charge in [-0.15, -0.1) is 0 Å². The normalized spacial score (nSPS) is 12.6. The van der Waals surface area contributed by atoms with Crippen LogP contribution in [0.1, 0.15) is 36.7 Å². The van der Waals surface area contributed by atoms with E-state index in [9.17, 15) is 4.79 Å². The minimum Gasteiger partial charge on any atom is -0.459 e. The molecule has 1 rings (SSSR count). The van der Waals surface area contributed by atoms with Gasteiger partial charge in [-0.3, -0.25) is 0 Å². The number of carbonyl (C=O) groups is 1. The predicted octanol–water partition coefficient (Wildman–Crippen LogP) is 2.78. The van der Waals surface area contributed by atoms with E-state index in [2.05, 4.69) is 0 Å². The summed E-state index contributed by atoms with van der Waals surface area (Å²) in [5.41, 5.74) is 7.66. The number of carbonyl (C=O) groups excluding carboxylic acids is 1. The molecule has 0 saturated heterocycles. The number of anilines is 1. The molecule has 1 aromatic carbocycles. The van der Waals surface area contributed by atoms with Gasteiger partial charge in [0.1, 0.15) is 6.10 Å². The van der Waals surface area contributed by atoms with Crippen molar-refractivity contribution in [3.05, 3.63) is 29.3 Å². The van der Waals surface area contributed by atoms with Crippen molar-refractivity contribution in [2.45, 2.75) is 33.8 Å². The lowest BCUT2D eigenvalue weighted by Crippen LogP contribution is -2.20. The van der Waals surface area contributed by atoms with Crippen molar-refractivity contribution in [3.8, 4) is 0 Å². The number of aryl methyl sites for hydroxylation is 1. The van der Waals surface area contributed by atoms with E-state index in [-0.39, 0.29) is 12.1 Å².